The van der Waals surface area contributed by atoms with Gasteiger partial charge in [-0.05, 0) is 25.0 Å². The summed E-state index contributed by atoms with van der Waals surface area (Å²) in [6, 6.07) is 2.96. The van der Waals surface area contributed by atoms with Crippen LogP contribution in [-0.4, -0.2) is 22.5 Å². The number of nitrogens with zero attached hydrogens (tertiary/aromatic N) is 3. The van der Waals surface area contributed by atoms with Gasteiger partial charge in [-0.15, -0.1) is 11.3 Å². The molecule has 5 nitrogen and oxygen atoms in total. The summed E-state index contributed by atoms with van der Waals surface area (Å²) in [5, 5.41) is 9.43. The molecule has 0 saturated carbocycles. The van der Waals surface area contributed by atoms with Crippen LogP contribution in [0, 0.1) is 5.82 Å². The van der Waals surface area contributed by atoms with Crippen molar-refractivity contribution in [3.8, 4) is 0 Å². The zero-order valence-electron chi connectivity index (χ0n) is 13.6. The van der Waals surface area contributed by atoms with Gasteiger partial charge in [-0.3, -0.25) is 4.98 Å². The predicted molar refractivity (Wildman–Crippen MR) is 92.1 cm³/mol. The minimum Gasteiger partial charge on any atom is -0.357 e. The van der Waals surface area contributed by atoms with Crippen molar-refractivity contribution in [2.24, 2.45) is 4.99 Å². The third kappa shape index (κ3) is 5.28. The molecule has 0 radical (unpaired) electrons. The Balaban J connectivity index is 1.97. The van der Waals surface area contributed by atoms with Gasteiger partial charge in [0.25, 0.3) is 0 Å². The van der Waals surface area contributed by atoms with Crippen LogP contribution in [0.15, 0.2) is 28.7 Å². The summed E-state index contributed by atoms with van der Waals surface area (Å²) in [4.78, 5) is 12.9. The standard InChI is InChI=1S/C16H22FN5S/c1-4-18-16(20-8-13-12(17)6-5-7-19-13)21-9-15-22-14(10-23-15)11(2)3/h5-7,10-11H,4,8-9H2,1-3H3,(H2,18,20,21). The van der Waals surface area contributed by atoms with Crippen molar-refractivity contribution in [3.63, 3.8) is 0 Å². The van der Waals surface area contributed by atoms with Crippen molar-refractivity contribution in [2.45, 2.75) is 39.8 Å². The molecule has 0 atom stereocenters. The van der Waals surface area contributed by atoms with Crippen LogP contribution in [0.4, 0.5) is 4.39 Å². The van der Waals surface area contributed by atoms with Gasteiger partial charge >= 0.3 is 0 Å². The molecule has 124 valence electrons. The normalized spacial score (nSPS) is 11.8. The zero-order chi connectivity index (χ0) is 16.7. The smallest absolute Gasteiger partial charge is 0.191 e. The second-order valence-electron chi connectivity index (χ2n) is 5.30. The van der Waals surface area contributed by atoms with Gasteiger partial charge in [-0.25, -0.2) is 14.4 Å². The minimum absolute atomic E-state index is 0.192. The summed E-state index contributed by atoms with van der Waals surface area (Å²) in [5.41, 5.74) is 1.44. The van der Waals surface area contributed by atoms with E-state index in [0.29, 0.717) is 24.1 Å². The van der Waals surface area contributed by atoms with E-state index in [0.717, 1.165) is 17.2 Å². The first kappa shape index (κ1) is 17.3. The van der Waals surface area contributed by atoms with Crippen molar-refractivity contribution in [2.75, 3.05) is 6.54 Å². The Labute approximate surface area is 140 Å². The molecule has 2 rings (SSSR count). The lowest BCUT2D eigenvalue weighted by Gasteiger charge is -2.10. The van der Waals surface area contributed by atoms with Crippen molar-refractivity contribution < 1.29 is 4.39 Å². The summed E-state index contributed by atoms with van der Waals surface area (Å²) in [6.45, 7) is 7.74. The number of hydrogen-bond donors (Lipinski definition) is 2. The molecule has 7 heteroatoms. The number of rotatable bonds is 6. The third-order valence-corrected chi connectivity index (χ3v) is 4.00. The quantitative estimate of drug-likeness (QED) is 0.629. The topological polar surface area (TPSA) is 62.2 Å². The molecule has 0 aliphatic heterocycles. The maximum atomic E-state index is 13.6. The Kier molecular flexibility index (Phi) is 6.46. The summed E-state index contributed by atoms with van der Waals surface area (Å²) >= 11 is 1.63. The van der Waals surface area contributed by atoms with Crippen molar-refractivity contribution in [1.82, 2.24) is 20.6 Å². The van der Waals surface area contributed by atoms with Crippen LogP contribution in [0.5, 0.6) is 0 Å². The van der Waals surface area contributed by atoms with E-state index in [-0.39, 0.29) is 12.4 Å². The lowest BCUT2D eigenvalue weighted by Crippen LogP contribution is -2.36. The number of nitrogens with one attached hydrogen (secondary N) is 2. The Morgan fingerprint density at radius 2 is 2.22 bits per heavy atom. The van der Waals surface area contributed by atoms with E-state index in [1.165, 1.54) is 6.07 Å². The monoisotopic (exact) mass is 335 g/mol. The predicted octanol–water partition coefficient (Wildman–Crippen LogP) is 3.06. The van der Waals surface area contributed by atoms with Gasteiger partial charge in [-0.1, -0.05) is 13.8 Å². The average Bonchev–Trinajstić information content (AvgIpc) is 3.00. The molecule has 0 spiro atoms. The molecule has 0 unspecified atom stereocenters. The van der Waals surface area contributed by atoms with Crippen LogP contribution in [0.25, 0.3) is 0 Å². The summed E-state index contributed by atoms with van der Waals surface area (Å²) < 4.78 is 13.6. The number of thiazole rings is 1. The fraction of sp³-hybridized carbons (Fsp3) is 0.438. The summed E-state index contributed by atoms with van der Waals surface area (Å²) in [7, 11) is 0. The maximum Gasteiger partial charge on any atom is 0.191 e. The van der Waals surface area contributed by atoms with E-state index in [1.54, 1.807) is 23.6 Å². The van der Waals surface area contributed by atoms with Crippen molar-refractivity contribution in [1.29, 1.82) is 0 Å². The zero-order valence-corrected chi connectivity index (χ0v) is 14.5. The SMILES string of the molecule is CCNC(=NCc1ncccc1F)NCc1nc(C(C)C)cs1. The van der Waals surface area contributed by atoms with E-state index in [9.17, 15) is 4.39 Å². The molecular formula is C16H22FN5S. The van der Waals surface area contributed by atoms with Gasteiger partial charge < -0.3 is 10.6 Å². The number of pyridine rings is 1. The molecule has 0 saturated heterocycles. The van der Waals surface area contributed by atoms with E-state index >= 15 is 0 Å². The molecule has 0 bridgehead atoms. The minimum atomic E-state index is -0.339. The number of hydrogen-bond acceptors (Lipinski definition) is 4. The largest absolute Gasteiger partial charge is 0.357 e. The first-order valence-corrected chi connectivity index (χ1v) is 8.54. The second kappa shape index (κ2) is 8.57. The molecule has 0 fully saturated rings. The van der Waals surface area contributed by atoms with E-state index in [4.69, 9.17) is 0 Å². The first-order chi connectivity index (χ1) is 11.1. The second-order valence-corrected chi connectivity index (χ2v) is 6.24. The maximum absolute atomic E-state index is 13.6. The molecule has 2 heterocycles. The number of aromatic nitrogens is 2. The van der Waals surface area contributed by atoms with Gasteiger partial charge in [0.1, 0.15) is 10.8 Å². The lowest BCUT2D eigenvalue weighted by molar-refractivity contribution is 0.599. The highest BCUT2D eigenvalue weighted by molar-refractivity contribution is 7.09. The first-order valence-electron chi connectivity index (χ1n) is 7.66. The van der Waals surface area contributed by atoms with Crippen LogP contribution < -0.4 is 10.6 Å². The molecule has 2 aromatic rings. The number of halogens is 1. The van der Waals surface area contributed by atoms with Crippen LogP contribution in [0.3, 0.4) is 0 Å². The Hall–Kier alpha value is -2.02. The Morgan fingerprint density at radius 3 is 2.87 bits per heavy atom. The van der Waals surface area contributed by atoms with Crippen molar-refractivity contribution >= 4 is 17.3 Å². The molecule has 0 aliphatic carbocycles. The van der Waals surface area contributed by atoms with E-state index in [2.05, 4.69) is 44.8 Å². The molecule has 2 aromatic heterocycles. The van der Waals surface area contributed by atoms with E-state index < -0.39 is 0 Å². The fourth-order valence-electron chi connectivity index (χ4n) is 1.86. The van der Waals surface area contributed by atoms with Crippen molar-refractivity contribution in [3.05, 3.63) is 45.9 Å². The lowest BCUT2D eigenvalue weighted by atomic mass is 10.2. The summed E-state index contributed by atoms with van der Waals surface area (Å²) in [6.07, 6.45) is 1.57. The Bertz CT molecular complexity index is 653. The van der Waals surface area contributed by atoms with Crippen LogP contribution in [0.1, 0.15) is 43.1 Å². The van der Waals surface area contributed by atoms with E-state index in [1.807, 2.05) is 6.92 Å². The van der Waals surface area contributed by atoms with Gasteiger partial charge in [0.15, 0.2) is 5.96 Å². The molecule has 2 N–H and O–H groups in total. The summed E-state index contributed by atoms with van der Waals surface area (Å²) in [5.74, 6) is 0.710. The van der Waals surface area contributed by atoms with Crippen LogP contribution in [-0.2, 0) is 13.1 Å². The highest BCUT2D eigenvalue weighted by atomic mass is 32.1. The molecule has 23 heavy (non-hydrogen) atoms. The van der Waals surface area contributed by atoms with Crippen LogP contribution in [0.2, 0.25) is 0 Å². The average molecular weight is 335 g/mol. The molecule has 0 aromatic carbocycles. The van der Waals surface area contributed by atoms with Gasteiger partial charge in [0.2, 0.25) is 0 Å². The van der Waals surface area contributed by atoms with Gasteiger partial charge in [0.05, 0.1) is 24.5 Å². The highest BCUT2D eigenvalue weighted by Crippen LogP contribution is 2.17. The van der Waals surface area contributed by atoms with Crippen LogP contribution >= 0.6 is 11.3 Å². The third-order valence-electron chi connectivity index (χ3n) is 3.13. The molecular weight excluding hydrogens is 313 g/mol. The fourth-order valence-corrected chi connectivity index (χ4v) is 2.76. The van der Waals surface area contributed by atoms with Gasteiger partial charge in [-0.2, -0.15) is 0 Å². The molecule has 0 aliphatic rings. The number of aliphatic imine (C=N–C) groups is 1. The Morgan fingerprint density at radius 1 is 1.39 bits per heavy atom. The molecule has 0 amide bonds. The highest BCUT2D eigenvalue weighted by Gasteiger charge is 2.07. The number of guanidine groups is 1. The van der Waals surface area contributed by atoms with Gasteiger partial charge in [0, 0.05) is 18.1 Å².